The quantitative estimate of drug-likeness (QED) is 0.823. The standard InChI is InChI=1S/C16H17NO2/c18-16(19-17-11-4-1-5-12-17)15-10-6-8-13-7-2-3-9-14(13)15/h2-3,6-10H,1,4-5,11-12H2. The van der Waals surface area contributed by atoms with Gasteiger partial charge in [0, 0.05) is 13.1 Å². The average Bonchev–Trinajstić information content (AvgIpc) is 2.47. The molecular weight excluding hydrogens is 238 g/mol. The Morgan fingerprint density at radius 3 is 2.53 bits per heavy atom. The van der Waals surface area contributed by atoms with Crippen molar-refractivity contribution >= 4 is 16.7 Å². The lowest BCUT2D eigenvalue weighted by Crippen LogP contribution is -2.32. The number of fused-ring (bicyclic) bond motifs is 1. The maximum Gasteiger partial charge on any atom is 0.357 e. The lowest BCUT2D eigenvalue weighted by Gasteiger charge is -2.24. The first-order valence-electron chi connectivity index (χ1n) is 6.79. The van der Waals surface area contributed by atoms with E-state index in [1.54, 1.807) is 5.06 Å². The zero-order valence-corrected chi connectivity index (χ0v) is 10.8. The van der Waals surface area contributed by atoms with Crippen LogP contribution in [0.25, 0.3) is 10.8 Å². The fourth-order valence-corrected chi connectivity index (χ4v) is 2.53. The summed E-state index contributed by atoms with van der Waals surface area (Å²) in [6.45, 7) is 1.69. The van der Waals surface area contributed by atoms with Crippen LogP contribution in [-0.4, -0.2) is 24.1 Å². The molecule has 19 heavy (non-hydrogen) atoms. The third-order valence-corrected chi connectivity index (χ3v) is 3.54. The second kappa shape index (κ2) is 5.41. The van der Waals surface area contributed by atoms with Crippen LogP contribution < -0.4 is 0 Å². The minimum atomic E-state index is -0.251. The zero-order valence-electron chi connectivity index (χ0n) is 10.8. The summed E-state index contributed by atoms with van der Waals surface area (Å²) in [5.74, 6) is -0.251. The van der Waals surface area contributed by atoms with Crippen molar-refractivity contribution in [1.29, 1.82) is 0 Å². The van der Waals surface area contributed by atoms with Crippen LogP contribution in [0.1, 0.15) is 29.6 Å². The van der Waals surface area contributed by atoms with E-state index in [1.807, 2.05) is 42.5 Å². The van der Waals surface area contributed by atoms with E-state index in [0.29, 0.717) is 5.56 Å². The molecule has 0 unspecified atom stereocenters. The van der Waals surface area contributed by atoms with Gasteiger partial charge in [-0.25, -0.2) is 4.79 Å². The van der Waals surface area contributed by atoms with E-state index in [9.17, 15) is 4.79 Å². The van der Waals surface area contributed by atoms with Gasteiger partial charge in [-0.3, -0.25) is 0 Å². The summed E-state index contributed by atoms with van der Waals surface area (Å²) < 4.78 is 0. The fourth-order valence-electron chi connectivity index (χ4n) is 2.53. The maximum atomic E-state index is 12.3. The number of hydroxylamine groups is 2. The number of nitrogens with zero attached hydrogens (tertiary/aromatic N) is 1. The first-order chi connectivity index (χ1) is 9.34. The molecule has 1 saturated heterocycles. The van der Waals surface area contributed by atoms with Crippen LogP contribution in [0.15, 0.2) is 42.5 Å². The molecule has 0 N–H and O–H groups in total. The van der Waals surface area contributed by atoms with Crippen molar-refractivity contribution in [3.8, 4) is 0 Å². The summed E-state index contributed by atoms with van der Waals surface area (Å²) in [5, 5.41) is 3.80. The summed E-state index contributed by atoms with van der Waals surface area (Å²) >= 11 is 0. The second-order valence-electron chi connectivity index (χ2n) is 4.90. The first kappa shape index (κ1) is 12.2. The molecule has 2 aromatic rings. The van der Waals surface area contributed by atoms with Crippen LogP contribution in [0.5, 0.6) is 0 Å². The number of hydrogen-bond donors (Lipinski definition) is 0. The predicted molar refractivity (Wildman–Crippen MR) is 74.8 cm³/mol. The third kappa shape index (κ3) is 2.61. The van der Waals surface area contributed by atoms with E-state index < -0.39 is 0 Å². The zero-order chi connectivity index (χ0) is 13.1. The molecule has 0 atom stereocenters. The Morgan fingerprint density at radius 2 is 1.68 bits per heavy atom. The minimum Gasteiger partial charge on any atom is -0.364 e. The predicted octanol–water partition coefficient (Wildman–Crippen LogP) is 3.40. The Kier molecular flexibility index (Phi) is 3.47. The Morgan fingerprint density at radius 1 is 0.947 bits per heavy atom. The summed E-state index contributed by atoms with van der Waals surface area (Å²) in [5.41, 5.74) is 0.642. The van der Waals surface area contributed by atoms with E-state index >= 15 is 0 Å². The highest BCUT2D eigenvalue weighted by molar-refractivity contribution is 6.04. The van der Waals surface area contributed by atoms with Crippen LogP contribution in [0.2, 0.25) is 0 Å². The van der Waals surface area contributed by atoms with E-state index in [0.717, 1.165) is 36.7 Å². The molecule has 0 bridgehead atoms. The van der Waals surface area contributed by atoms with Crippen molar-refractivity contribution in [1.82, 2.24) is 5.06 Å². The van der Waals surface area contributed by atoms with Gasteiger partial charge in [-0.1, -0.05) is 42.8 Å². The highest BCUT2D eigenvalue weighted by Crippen LogP contribution is 2.20. The monoisotopic (exact) mass is 255 g/mol. The van der Waals surface area contributed by atoms with Crippen LogP contribution >= 0.6 is 0 Å². The first-order valence-corrected chi connectivity index (χ1v) is 6.79. The van der Waals surface area contributed by atoms with Crippen LogP contribution in [0, 0.1) is 0 Å². The fraction of sp³-hybridized carbons (Fsp3) is 0.312. The molecular formula is C16H17NO2. The van der Waals surface area contributed by atoms with Gasteiger partial charge in [0.2, 0.25) is 0 Å². The molecule has 3 heteroatoms. The number of hydrogen-bond acceptors (Lipinski definition) is 3. The highest BCUT2D eigenvalue weighted by Gasteiger charge is 2.17. The molecule has 98 valence electrons. The van der Waals surface area contributed by atoms with Gasteiger partial charge in [0.1, 0.15) is 0 Å². The number of carbonyl (C=O) groups is 1. The SMILES string of the molecule is O=C(ON1CCCCC1)c1cccc2ccccc12. The largest absolute Gasteiger partial charge is 0.364 e. The summed E-state index contributed by atoms with van der Waals surface area (Å²) in [4.78, 5) is 17.7. The molecule has 1 fully saturated rings. The Bertz CT molecular complexity index is 583. The van der Waals surface area contributed by atoms with Crippen LogP contribution in [-0.2, 0) is 4.84 Å². The number of carbonyl (C=O) groups excluding carboxylic acids is 1. The summed E-state index contributed by atoms with van der Waals surface area (Å²) in [7, 11) is 0. The van der Waals surface area contributed by atoms with Gasteiger partial charge >= 0.3 is 5.97 Å². The normalized spacial score (nSPS) is 16.4. The van der Waals surface area contributed by atoms with Crippen molar-refractivity contribution in [3.63, 3.8) is 0 Å². The van der Waals surface area contributed by atoms with E-state index in [-0.39, 0.29) is 5.97 Å². The van der Waals surface area contributed by atoms with E-state index in [4.69, 9.17) is 4.84 Å². The number of piperidine rings is 1. The molecule has 0 amide bonds. The van der Waals surface area contributed by atoms with Crippen molar-refractivity contribution < 1.29 is 9.63 Å². The van der Waals surface area contributed by atoms with Crippen LogP contribution in [0.3, 0.4) is 0 Å². The minimum absolute atomic E-state index is 0.251. The Labute approximate surface area is 112 Å². The molecule has 0 aliphatic carbocycles. The van der Waals surface area contributed by atoms with E-state index in [2.05, 4.69) is 0 Å². The summed E-state index contributed by atoms with van der Waals surface area (Å²) in [6.07, 6.45) is 3.42. The van der Waals surface area contributed by atoms with Crippen LogP contribution in [0.4, 0.5) is 0 Å². The summed E-state index contributed by atoms with van der Waals surface area (Å²) in [6, 6.07) is 13.6. The highest BCUT2D eigenvalue weighted by atomic mass is 16.7. The van der Waals surface area contributed by atoms with Crippen molar-refractivity contribution in [3.05, 3.63) is 48.0 Å². The molecule has 0 radical (unpaired) electrons. The topological polar surface area (TPSA) is 29.5 Å². The van der Waals surface area contributed by atoms with Gasteiger partial charge in [-0.15, -0.1) is 5.06 Å². The number of benzene rings is 2. The molecule has 2 aromatic carbocycles. The van der Waals surface area contributed by atoms with Gasteiger partial charge in [-0.2, -0.15) is 0 Å². The molecule has 3 nitrogen and oxygen atoms in total. The lowest BCUT2D eigenvalue weighted by atomic mass is 10.1. The van der Waals surface area contributed by atoms with Gasteiger partial charge in [0.15, 0.2) is 0 Å². The molecule has 1 heterocycles. The smallest absolute Gasteiger partial charge is 0.357 e. The maximum absolute atomic E-state index is 12.3. The van der Waals surface area contributed by atoms with E-state index in [1.165, 1.54) is 6.42 Å². The van der Waals surface area contributed by atoms with Gasteiger partial charge < -0.3 is 4.84 Å². The lowest BCUT2D eigenvalue weighted by molar-refractivity contribution is -0.119. The second-order valence-corrected chi connectivity index (χ2v) is 4.90. The number of rotatable bonds is 2. The Balaban J connectivity index is 1.85. The third-order valence-electron chi connectivity index (χ3n) is 3.54. The molecule has 1 aliphatic heterocycles. The van der Waals surface area contributed by atoms with Crippen molar-refractivity contribution in [2.45, 2.75) is 19.3 Å². The molecule has 0 saturated carbocycles. The average molecular weight is 255 g/mol. The molecule has 1 aliphatic rings. The molecule has 3 rings (SSSR count). The van der Waals surface area contributed by atoms with Crippen molar-refractivity contribution in [2.75, 3.05) is 13.1 Å². The van der Waals surface area contributed by atoms with Gasteiger partial charge in [-0.05, 0) is 29.7 Å². The van der Waals surface area contributed by atoms with Gasteiger partial charge in [0.25, 0.3) is 0 Å². The Hall–Kier alpha value is -1.87. The molecule has 0 spiro atoms. The molecule has 0 aromatic heterocycles. The van der Waals surface area contributed by atoms with Gasteiger partial charge in [0.05, 0.1) is 5.56 Å². The van der Waals surface area contributed by atoms with Crippen molar-refractivity contribution in [2.24, 2.45) is 0 Å².